The van der Waals surface area contributed by atoms with Crippen molar-refractivity contribution in [1.82, 2.24) is 4.98 Å². The van der Waals surface area contributed by atoms with E-state index in [0.717, 1.165) is 9.50 Å². The van der Waals surface area contributed by atoms with Gasteiger partial charge in [0.15, 0.2) is 0 Å². The van der Waals surface area contributed by atoms with Crippen molar-refractivity contribution in [3.63, 3.8) is 0 Å². The number of pyridine rings is 1. The number of carbonyl (C=O) groups is 1. The Morgan fingerprint density at radius 3 is 3.00 bits per heavy atom. The van der Waals surface area contributed by atoms with Gasteiger partial charge in [-0.2, -0.15) is 0 Å². The number of methoxy groups -OCH3 is 1. The lowest BCUT2D eigenvalue weighted by atomic mass is 10.2. The van der Waals surface area contributed by atoms with Gasteiger partial charge >= 0.3 is 5.97 Å². The summed E-state index contributed by atoms with van der Waals surface area (Å²) in [6.45, 7) is 1.82. The van der Waals surface area contributed by atoms with Crippen LogP contribution < -0.4 is 0 Å². The number of ether oxygens (including phenoxy) is 1. The van der Waals surface area contributed by atoms with Crippen molar-refractivity contribution in [1.29, 1.82) is 0 Å². The summed E-state index contributed by atoms with van der Waals surface area (Å²) in [6, 6.07) is 1.78. The molecule has 0 bridgehead atoms. The molecule has 0 aliphatic heterocycles. The Hall–Kier alpha value is -0.260. The Labute approximate surface area is 112 Å². The van der Waals surface area contributed by atoms with Crippen molar-refractivity contribution >= 4 is 45.3 Å². The molecule has 0 spiro atoms. The van der Waals surface area contributed by atoms with Crippen molar-refractivity contribution < 1.29 is 9.53 Å². The van der Waals surface area contributed by atoms with Gasteiger partial charge in [0.05, 0.1) is 22.5 Å². The first-order valence-corrected chi connectivity index (χ1v) is 6.72. The number of rotatable bonds is 4. The van der Waals surface area contributed by atoms with E-state index in [4.69, 9.17) is 11.6 Å². The summed E-state index contributed by atoms with van der Waals surface area (Å²) in [5.41, 5.74) is 0. The van der Waals surface area contributed by atoms with Gasteiger partial charge in [0, 0.05) is 11.9 Å². The first kappa shape index (κ1) is 13.8. The number of thioether (sulfide) groups is 1. The van der Waals surface area contributed by atoms with Gasteiger partial charge in [-0.15, -0.1) is 11.8 Å². The lowest BCUT2D eigenvalue weighted by molar-refractivity contribution is -0.143. The number of nitrogens with zero attached hydrogens (tertiary/aromatic N) is 1. The van der Waals surface area contributed by atoms with Gasteiger partial charge in [0.1, 0.15) is 5.03 Å². The molecular formula is C10H11BrClNO2S. The van der Waals surface area contributed by atoms with E-state index in [1.807, 2.05) is 6.92 Å². The van der Waals surface area contributed by atoms with Gasteiger partial charge in [-0.1, -0.05) is 18.5 Å². The van der Waals surface area contributed by atoms with E-state index in [0.29, 0.717) is 10.8 Å². The van der Waals surface area contributed by atoms with Crippen LogP contribution in [0.25, 0.3) is 0 Å². The summed E-state index contributed by atoms with van der Waals surface area (Å²) in [6.07, 6.45) is 1.58. The molecule has 3 nitrogen and oxygen atoms in total. The standard InChI is InChI=1S/C10H11BrClNO2S/c1-6(10(14)15-2)5-16-9-8(11)3-7(12)4-13-9/h3-4,6H,5H2,1-2H3. The van der Waals surface area contributed by atoms with E-state index in [2.05, 4.69) is 25.7 Å². The van der Waals surface area contributed by atoms with E-state index in [1.54, 1.807) is 12.3 Å². The monoisotopic (exact) mass is 323 g/mol. The summed E-state index contributed by atoms with van der Waals surface area (Å²) in [7, 11) is 1.39. The Morgan fingerprint density at radius 1 is 1.75 bits per heavy atom. The van der Waals surface area contributed by atoms with Crippen molar-refractivity contribution in [2.75, 3.05) is 12.9 Å². The highest BCUT2D eigenvalue weighted by Gasteiger charge is 2.14. The van der Waals surface area contributed by atoms with E-state index >= 15 is 0 Å². The molecule has 6 heteroatoms. The molecule has 1 atom stereocenters. The molecule has 0 aromatic carbocycles. The summed E-state index contributed by atoms with van der Waals surface area (Å²) in [4.78, 5) is 15.4. The van der Waals surface area contributed by atoms with Crippen molar-refractivity contribution in [2.24, 2.45) is 5.92 Å². The molecule has 1 unspecified atom stereocenters. The fourth-order valence-corrected chi connectivity index (χ4v) is 2.83. The molecule has 0 radical (unpaired) electrons. The quantitative estimate of drug-likeness (QED) is 0.628. The normalized spacial score (nSPS) is 12.2. The average Bonchev–Trinajstić information content (AvgIpc) is 2.26. The van der Waals surface area contributed by atoms with Gasteiger partial charge in [-0.05, 0) is 22.0 Å². The molecule has 1 heterocycles. The molecule has 0 N–H and O–H groups in total. The van der Waals surface area contributed by atoms with Gasteiger partial charge in [0.2, 0.25) is 0 Å². The molecular weight excluding hydrogens is 314 g/mol. The van der Waals surface area contributed by atoms with Crippen LogP contribution in [-0.2, 0) is 9.53 Å². The molecule has 0 aliphatic carbocycles. The molecule has 0 fully saturated rings. The Morgan fingerprint density at radius 2 is 2.44 bits per heavy atom. The molecule has 1 aromatic heterocycles. The van der Waals surface area contributed by atoms with E-state index in [-0.39, 0.29) is 11.9 Å². The third kappa shape index (κ3) is 3.96. The number of aromatic nitrogens is 1. The molecule has 1 aromatic rings. The van der Waals surface area contributed by atoms with Crippen LogP contribution in [0.5, 0.6) is 0 Å². The summed E-state index contributed by atoms with van der Waals surface area (Å²) in [5, 5.41) is 1.40. The highest BCUT2D eigenvalue weighted by atomic mass is 79.9. The zero-order valence-electron chi connectivity index (χ0n) is 8.87. The SMILES string of the molecule is COC(=O)C(C)CSc1ncc(Cl)cc1Br. The van der Waals surface area contributed by atoms with E-state index in [1.165, 1.54) is 18.9 Å². The smallest absolute Gasteiger partial charge is 0.309 e. The Kier molecular flexibility index (Phi) is 5.58. The molecule has 16 heavy (non-hydrogen) atoms. The third-order valence-electron chi connectivity index (χ3n) is 1.85. The number of carbonyl (C=O) groups excluding carboxylic acids is 1. The second-order valence-electron chi connectivity index (χ2n) is 3.18. The van der Waals surface area contributed by atoms with Gasteiger partial charge in [-0.3, -0.25) is 4.79 Å². The lowest BCUT2D eigenvalue weighted by Crippen LogP contribution is -2.14. The predicted molar refractivity (Wildman–Crippen MR) is 68.9 cm³/mol. The zero-order valence-corrected chi connectivity index (χ0v) is 12.0. The molecule has 0 amide bonds. The minimum absolute atomic E-state index is 0.153. The van der Waals surface area contributed by atoms with Crippen LogP contribution >= 0.6 is 39.3 Å². The van der Waals surface area contributed by atoms with Crippen molar-refractivity contribution in [3.8, 4) is 0 Å². The van der Waals surface area contributed by atoms with Gasteiger partial charge < -0.3 is 4.74 Å². The van der Waals surface area contributed by atoms with Crippen LogP contribution in [0.3, 0.4) is 0 Å². The van der Waals surface area contributed by atoms with Gasteiger partial charge in [-0.25, -0.2) is 4.98 Å². The number of hydrogen-bond donors (Lipinski definition) is 0. The highest BCUT2D eigenvalue weighted by molar-refractivity contribution is 9.10. The first-order valence-electron chi connectivity index (χ1n) is 4.56. The van der Waals surface area contributed by atoms with Crippen LogP contribution in [0.1, 0.15) is 6.92 Å². The second kappa shape index (κ2) is 6.47. The highest BCUT2D eigenvalue weighted by Crippen LogP contribution is 2.28. The maximum atomic E-state index is 11.2. The zero-order chi connectivity index (χ0) is 12.1. The largest absolute Gasteiger partial charge is 0.469 e. The fraction of sp³-hybridized carbons (Fsp3) is 0.400. The summed E-state index contributed by atoms with van der Waals surface area (Å²) in [5.74, 6) is 0.261. The summed E-state index contributed by atoms with van der Waals surface area (Å²) >= 11 is 10.6. The van der Waals surface area contributed by atoms with Crippen LogP contribution in [0, 0.1) is 5.92 Å². The van der Waals surface area contributed by atoms with E-state index < -0.39 is 0 Å². The second-order valence-corrected chi connectivity index (χ2v) is 5.48. The molecule has 88 valence electrons. The topological polar surface area (TPSA) is 39.2 Å². The predicted octanol–water partition coefficient (Wildman–Crippen LogP) is 3.40. The van der Waals surface area contributed by atoms with Gasteiger partial charge in [0.25, 0.3) is 0 Å². The first-order chi connectivity index (χ1) is 7.54. The number of hydrogen-bond acceptors (Lipinski definition) is 4. The van der Waals surface area contributed by atoms with Crippen molar-refractivity contribution in [2.45, 2.75) is 11.9 Å². The van der Waals surface area contributed by atoms with E-state index in [9.17, 15) is 4.79 Å². The van der Waals surface area contributed by atoms with Crippen molar-refractivity contribution in [3.05, 3.63) is 21.8 Å². The fourth-order valence-electron chi connectivity index (χ4n) is 0.981. The average molecular weight is 325 g/mol. The molecule has 1 rings (SSSR count). The minimum Gasteiger partial charge on any atom is -0.469 e. The number of halogens is 2. The molecule has 0 saturated heterocycles. The Bertz CT molecular complexity index is 389. The Balaban J connectivity index is 2.58. The summed E-state index contributed by atoms with van der Waals surface area (Å²) < 4.78 is 5.48. The van der Waals surface area contributed by atoms with Crippen LogP contribution in [0.2, 0.25) is 5.02 Å². The minimum atomic E-state index is -0.211. The van der Waals surface area contributed by atoms with Crippen LogP contribution in [0.4, 0.5) is 0 Å². The maximum Gasteiger partial charge on any atom is 0.309 e. The lowest BCUT2D eigenvalue weighted by Gasteiger charge is -2.08. The van der Waals surface area contributed by atoms with Crippen LogP contribution in [0.15, 0.2) is 21.8 Å². The molecule has 0 aliphatic rings. The van der Waals surface area contributed by atoms with Crippen LogP contribution in [-0.4, -0.2) is 23.8 Å². The number of esters is 1. The third-order valence-corrected chi connectivity index (χ3v) is 4.19. The molecule has 0 saturated carbocycles. The maximum absolute atomic E-state index is 11.2.